The molecule has 3 atom stereocenters. The van der Waals surface area contributed by atoms with E-state index in [-0.39, 0.29) is 18.0 Å². The Hall–Kier alpha value is -2.01. The second kappa shape index (κ2) is 14.8. The first-order valence-electron chi connectivity index (χ1n) is 14.0. The van der Waals surface area contributed by atoms with E-state index in [0.29, 0.717) is 43.6 Å². The summed E-state index contributed by atoms with van der Waals surface area (Å²) in [4.78, 5) is 16.9. The number of hydrogen-bond donors (Lipinski definition) is 2. The van der Waals surface area contributed by atoms with Crippen molar-refractivity contribution in [3.8, 4) is 6.19 Å². The highest BCUT2D eigenvalue weighted by atomic mass is 35.5. The average molecular weight is 533 g/mol. The highest BCUT2D eigenvalue weighted by Gasteiger charge is 2.41. The number of benzene rings is 1. The van der Waals surface area contributed by atoms with E-state index in [1.807, 2.05) is 29.2 Å². The van der Waals surface area contributed by atoms with Gasteiger partial charge in [0.25, 0.3) is 0 Å². The third kappa shape index (κ3) is 8.77. The van der Waals surface area contributed by atoms with Crippen LogP contribution in [0, 0.1) is 23.3 Å². The summed E-state index contributed by atoms with van der Waals surface area (Å²) in [5, 5.41) is 25.3. The molecule has 0 radical (unpaired) electrons. The predicted octanol–water partition coefficient (Wildman–Crippen LogP) is 5.52. The number of halogens is 1. The van der Waals surface area contributed by atoms with Crippen LogP contribution in [0.3, 0.4) is 0 Å². The maximum Gasteiger partial charge on any atom is 0.317 e. The number of nitrogens with one attached hydrogen (secondary N) is 1. The molecule has 1 aliphatic heterocycles. The molecule has 0 bridgehead atoms. The summed E-state index contributed by atoms with van der Waals surface area (Å²) in [6.45, 7) is 2.33. The average Bonchev–Trinajstić information content (AvgIpc) is 2.91. The van der Waals surface area contributed by atoms with Gasteiger partial charge in [-0.15, -0.1) is 0 Å². The van der Waals surface area contributed by atoms with Crippen molar-refractivity contribution in [3.63, 3.8) is 0 Å². The van der Waals surface area contributed by atoms with Crippen LogP contribution in [0.15, 0.2) is 24.3 Å². The number of rotatable bonds is 12. The molecule has 8 heteroatoms. The van der Waals surface area contributed by atoms with Crippen LogP contribution < -0.4 is 5.32 Å². The third-order valence-corrected chi connectivity index (χ3v) is 8.44. The molecule has 7 nitrogen and oxygen atoms in total. The van der Waals surface area contributed by atoms with E-state index < -0.39 is 5.60 Å². The minimum absolute atomic E-state index is 0.0681. The maximum absolute atomic E-state index is 13.5. The summed E-state index contributed by atoms with van der Waals surface area (Å²) in [6, 6.07) is 7.34. The van der Waals surface area contributed by atoms with Gasteiger partial charge in [0.2, 0.25) is 0 Å². The monoisotopic (exact) mass is 532 g/mol. The number of ether oxygens (including phenoxy) is 1. The zero-order valence-corrected chi connectivity index (χ0v) is 23.4. The molecule has 2 N–H and O–H groups in total. The van der Waals surface area contributed by atoms with Crippen LogP contribution >= 0.6 is 11.6 Å². The zero-order chi connectivity index (χ0) is 26.7. The van der Waals surface area contributed by atoms with Gasteiger partial charge in [-0.3, -0.25) is 0 Å². The molecule has 2 amide bonds. The number of carbonyl (C=O) groups is 1. The molecular weight excluding hydrogens is 488 g/mol. The van der Waals surface area contributed by atoms with Gasteiger partial charge in [-0.1, -0.05) is 55.8 Å². The number of aliphatic hydroxyl groups is 1. The van der Waals surface area contributed by atoms with Crippen LogP contribution in [-0.4, -0.2) is 67.4 Å². The first kappa shape index (κ1) is 29.5. The first-order chi connectivity index (χ1) is 17.9. The van der Waals surface area contributed by atoms with Crippen LogP contribution in [0.4, 0.5) is 4.79 Å². The number of methoxy groups -OCH3 is 1. The van der Waals surface area contributed by atoms with Crippen LogP contribution in [0.25, 0.3) is 0 Å². The fourth-order valence-electron chi connectivity index (χ4n) is 6.18. The summed E-state index contributed by atoms with van der Waals surface area (Å²) in [5.74, 6) is 0.506. The van der Waals surface area contributed by atoms with Crippen molar-refractivity contribution in [1.82, 2.24) is 15.1 Å². The number of urea groups is 1. The Bertz CT molecular complexity index is 888. The van der Waals surface area contributed by atoms with Crippen LogP contribution in [-0.2, 0) is 10.3 Å². The summed E-state index contributed by atoms with van der Waals surface area (Å²) in [5.41, 5.74) is -0.254. The molecule has 1 aromatic carbocycles. The van der Waals surface area contributed by atoms with E-state index in [2.05, 4.69) is 11.5 Å². The highest BCUT2D eigenvalue weighted by Crippen LogP contribution is 2.40. The molecule has 2 aliphatic rings. The van der Waals surface area contributed by atoms with Crippen molar-refractivity contribution in [2.24, 2.45) is 11.8 Å². The van der Waals surface area contributed by atoms with E-state index in [1.54, 1.807) is 19.1 Å². The quantitative estimate of drug-likeness (QED) is 0.210. The smallest absolute Gasteiger partial charge is 0.317 e. The molecule has 206 valence electrons. The van der Waals surface area contributed by atoms with Crippen LogP contribution in [0.2, 0.25) is 5.02 Å². The molecule has 0 unspecified atom stereocenters. The number of amides is 2. The van der Waals surface area contributed by atoms with Crippen molar-refractivity contribution >= 4 is 17.6 Å². The number of nitrogens with zero attached hydrogens (tertiary/aromatic N) is 3. The van der Waals surface area contributed by atoms with Crippen molar-refractivity contribution in [2.75, 3.05) is 40.4 Å². The van der Waals surface area contributed by atoms with Gasteiger partial charge in [-0.25, -0.2) is 4.79 Å². The van der Waals surface area contributed by atoms with E-state index >= 15 is 0 Å². The number of unbranched alkanes of at least 4 members (excludes halogenated alkanes) is 1. The summed E-state index contributed by atoms with van der Waals surface area (Å²) in [6.07, 6.45) is 13.2. The van der Waals surface area contributed by atoms with Crippen molar-refractivity contribution in [1.29, 1.82) is 5.26 Å². The predicted molar refractivity (Wildman–Crippen MR) is 147 cm³/mol. The number of likely N-dealkylation sites (N-methyl/N-ethyl adjacent to an activating group) is 1. The Balaban J connectivity index is 1.71. The third-order valence-electron chi connectivity index (χ3n) is 8.20. The molecule has 1 aliphatic carbocycles. The van der Waals surface area contributed by atoms with E-state index in [1.165, 1.54) is 32.1 Å². The molecular formula is C29H45ClN4O3. The van der Waals surface area contributed by atoms with Gasteiger partial charge in [-0.2, -0.15) is 5.26 Å². The Morgan fingerprint density at radius 3 is 2.78 bits per heavy atom. The lowest BCUT2D eigenvalue weighted by Gasteiger charge is -2.43. The molecule has 1 heterocycles. The number of likely N-dealkylation sites (tertiary alicyclic amines) is 1. The lowest BCUT2D eigenvalue weighted by Crippen LogP contribution is -2.54. The molecule has 1 saturated heterocycles. The SMILES string of the molecule is COCCCC[C@@](O)(c1cccc(Cl)c1)[C@@H]1CCCN(C(=O)N[C@@H](CC2CCCCC2)CN(C)C#N)C1. The standard InChI is InChI=1S/C29H45ClN4O3/c1-33(22-31)21-27(18-23-10-4-3-5-11-23)32-28(35)34-16-9-13-25(20-34)29(36,15-6-7-17-37-2)24-12-8-14-26(30)19-24/h8,12,14,19,23,25,27,36H,3-7,9-11,13,15-18,20-21H2,1-2H3,(H,32,35)/t25-,27+,29-/m1/s1. The number of nitriles is 1. The lowest BCUT2D eigenvalue weighted by molar-refractivity contribution is -0.0564. The Kier molecular flexibility index (Phi) is 11.8. The van der Waals surface area contributed by atoms with Gasteiger partial charge in [0.15, 0.2) is 6.19 Å². The van der Waals surface area contributed by atoms with Crippen LogP contribution in [0.1, 0.15) is 76.2 Å². The minimum atomic E-state index is -1.07. The Labute approximate surface area is 228 Å². The second-order valence-corrected chi connectivity index (χ2v) is 11.5. The van der Waals surface area contributed by atoms with E-state index in [9.17, 15) is 15.2 Å². The van der Waals surface area contributed by atoms with E-state index in [0.717, 1.165) is 37.7 Å². The van der Waals surface area contributed by atoms with Gasteiger partial charge < -0.3 is 25.0 Å². The molecule has 2 fully saturated rings. The fraction of sp³-hybridized carbons (Fsp3) is 0.724. The molecule has 0 aromatic heterocycles. The van der Waals surface area contributed by atoms with E-state index in [4.69, 9.17) is 16.3 Å². The maximum atomic E-state index is 13.5. The molecule has 1 aromatic rings. The summed E-state index contributed by atoms with van der Waals surface area (Å²) >= 11 is 6.31. The van der Waals surface area contributed by atoms with Gasteiger partial charge in [0.05, 0.1) is 5.60 Å². The van der Waals surface area contributed by atoms with Gasteiger partial charge in [0.1, 0.15) is 0 Å². The highest BCUT2D eigenvalue weighted by molar-refractivity contribution is 6.30. The number of hydrogen-bond acceptors (Lipinski definition) is 5. The van der Waals surface area contributed by atoms with Gasteiger partial charge in [0, 0.05) is 57.4 Å². The molecule has 37 heavy (non-hydrogen) atoms. The van der Waals surface area contributed by atoms with Crippen LogP contribution in [0.5, 0.6) is 0 Å². The first-order valence-corrected chi connectivity index (χ1v) is 14.4. The van der Waals surface area contributed by atoms with Crippen molar-refractivity contribution < 1.29 is 14.6 Å². The van der Waals surface area contributed by atoms with Gasteiger partial charge in [-0.05, 0) is 62.1 Å². The second-order valence-electron chi connectivity index (χ2n) is 11.0. The molecule has 0 spiro atoms. The summed E-state index contributed by atoms with van der Waals surface area (Å²) in [7, 11) is 3.46. The normalized spacial score (nSPS) is 21.1. The molecule has 3 rings (SSSR count). The number of piperidine rings is 1. The molecule has 1 saturated carbocycles. The number of carbonyl (C=O) groups excluding carboxylic acids is 1. The fourth-order valence-corrected chi connectivity index (χ4v) is 6.37. The zero-order valence-electron chi connectivity index (χ0n) is 22.6. The summed E-state index contributed by atoms with van der Waals surface area (Å²) < 4.78 is 5.21. The lowest BCUT2D eigenvalue weighted by atomic mass is 9.74. The topological polar surface area (TPSA) is 88.8 Å². The van der Waals surface area contributed by atoms with Gasteiger partial charge >= 0.3 is 6.03 Å². The van der Waals surface area contributed by atoms with Crippen molar-refractivity contribution in [2.45, 2.75) is 82.3 Å². The van der Waals surface area contributed by atoms with Crippen molar-refractivity contribution in [3.05, 3.63) is 34.9 Å². The largest absolute Gasteiger partial charge is 0.385 e. The Morgan fingerprint density at radius 1 is 1.30 bits per heavy atom. The minimum Gasteiger partial charge on any atom is -0.385 e. The Morgan fingerprint density at radius 2 is 2.08 bits per heavy atom.